The Morgan fingerprint density at radius 3 is 2.48 bits per heavy atom. The first-order chi connectivity index (χ1) is 9.86. The molecule has 1 amide bonds. The molecule has 2 atom stereocenters. The van der Waals surface area contributed by atoms with E-state index in [-0.39, 0.29) is 0 Å². The van der Waals surface area contributed by atoms with Gasteiger partial charge in [-0.15, -0.1) is 0 Å². The molecule has 1 aliphatic rings. The quantitative estimate of drug-likeness (QED) is 0.901. The van der Waals surface area contributed by atoms with Crippen molar-refractivity contribution >= 4 is 11.9 Å². The van der Waals surface area contributed by atoms with Crippen LogP contribution in [-0.4, -0.2) is 23.0 Å². The maximum atomic E-state index is 13.6. The molecule has 1 aromatic carbocycles. The predicted molar refractivity (Wildman–Crippen MR) is 71.8 cm³/mol. The van der Waals surface area contributed by atoms with Crippen LogP contribution in [-0.2, 0) is 4.79 Å². The first-order valence-electron chi connectivity index (χ1n) is 6.84. The van der Waals surface area contributed by atoms with Gasteiger partial charge in [-0.2, -0.15) is 0 Å². The van der Waals surface area contributed by atoms with Crippen LogP contribution in [0.25, 0.3) is 0 Å². The van der Waals surface area contributed by atoms with E-state index in [2.05, 4.69) is 5.32 Å². The van der Waals surface area contributed by atoms with Crippen molar-refractivity contribution in [2.45, 2.75) is 38.6 Å². The Hall–Kier alpha value is -1.98. The highest BCUT2D eigenvalue weighted by atomic mass is 19.1. The molecule has 21 heavy (non-hydrogen) atoms. The third-order valence-electron chi connectivity index (χ3n) is 4.19. The molecule has 1 fully saturated rings. The highest BCUT2D eigenvalue weighted by Gasteiger charge is 2.44. The number of hydrogen-bond acceptors (Lipinski definition) is 2. The lowest BCUT2D eigenvalue weighted by molar-refractivity contribution is -0.151. The largest absolute Gasteiger partial charge is 0.481 e. The standard InChI is InChI=1S/C15H17F2NO3/c1-15(14(20)21)8-3-2-7-11(15)18-13(19)12-9(16)5-4-6-10(12)17/h4-6,11H,2-3,7-8H2,1H3,(H,18,19)(H,20,21). The molecule has 1 saturated carbocycles. The second kappa shape index (κ2) is 5.79. The fraction of sp³-hybridized carbons (Fsp3) is 0.467. The minimum absolute atomic E-state index is 0.424. The van der Waals surface area contributed by atoms with Crippen LogP contribution >= 0.6 is 0 Å². The van der Waals surface area contributed by atoms with Gasteiger partial charge in [-0.3, -0.25) is 9.59 Å². The SMILES string of the molecule is CC1(C(=O)O)CCCCC1NC(=O)c1c(F)cccc1F. The van der Waals surface area contributed by atoms with E-state index in [1.165, 1.54) is 6.07 Å². The fourth-order valence-corrected chi connectivity index (χ4v) is 2.77. The molecule has 0 saturated heterocycles. The van der Waals surface area contributed by atoms with E-state index in [4.69, 9.17) is 0 Å². The van der Waals surface area contributed by atoms with Crippen LogP contribution < -0.4 is 5.32 Å². The van der Waals surface area contributed by atoms with Crippen LogP contribution in [0.4, 0.5) is 8.78 Å². The number of rotatable bonds is 3. The number of halogens is 2. The highest BCUT2D eigenvalue weighted by Crippen LogP contribution is 2.36. The third kappa shape index (κ3) is 2.89. The zero-order chi connectivity index (χ0) is 15.6. The molecule has 2 rings (SSSR count). The van der Waals surface area contributed by atoms with Gasteiger partial charge in [0.15, 0.2) is 0 Å². The molecule has 2 unspecified atom stereocenters. The lowest BCUT2D eigenvalue weighted by atomic mass is 9.71. The summed E-state index contributed by atoms with van der Waals surface area (Å²) in [6.45, 7) is 1.55. The van der Waals surface area contributed by atoms with Gasteiger partial charge in [0.05, 0.1) is 5.41 Å². The maximum absolute atomic E-state index is 13.6. The van der Waals surface area contributed by atoms with Crippen molar-refractivity contribution in [3.05, 3.63) is 35.4 Å². The van der Waals surface area contributed by atoms with Crippen LogP contribution in [0.5, 0.6) is 0 Å². The molecule has 1 aromatic rings. The van der Waals surface area contributed by atoms with Gasteiger partial charge in [0.1, 0.15) is 17.2 Å². The molecular formula is C15H17F2NO3. The first kappa shape index (κ1) is 15.4. The van der Waals surface area contributed by atoms with Gasteiger partial charge >= 0.3 is 5.97 Å². The number of aliphatic carboxylic acids is 1. The molecular weight excluding hydrogens is 280 g/mol. The van der Waals surface area contributed by atoms with E-state index in [0.29, 0.717) is 12.8 Å². The van der Waals surface area contributed by atoms with E-state index in [1.54, 1.807) is 6.92 Å². The van der Waals surface area contributed by atoms with Gasteiger partial charge in [-0.25, -0.2) is 8.78 Å². The maximum Gasteiger partial charge on any atom is 0.311 e. The lowest BCUT2D eigenvalue weighted by Gasteiger charge is -2.38. The van der Waals surface area contributed by atoms with Crippen LogP contribution in [0, 0.1) is 17.0 Å². The Bertz CT molecular complexity index is 556. The van der Waals surface area contributed by atoms with E-state index in [1.807, 2.05) is 0 Å². The van der Waals surface area contributed by atoms with Crippen LogP contribution in [0.2, 0.25) is 0 Å². The second-order valence-corrected chi connectivity index (χ2v) is 5.59. The molecule has 6 heteroatoms. The Morgan fingerprint density at radius 2 is 1.90 bits per heavy atom. The molecule has 0 bridgehead atoms. The molecule has 1 aliphatic carbocycles. The number of carboxylic acids is 1. The van der Waals surface area contributed by atoms with E-state index >= 15 is 0 Å². The Labute approximate surface area is 121 Å². The summed E-state index contributed by atoms with van der Waals surface area (Å²) >= 11 is 0. The molecule has 0 aliphatic heterocycles. The average Bonchev–Trinajstić information content (AvgIpc) is 2.41. The normalized spacial score (nSPS) is 25.4. The van der Waals surface area contributed by atoms with Crippen molar-refractivity contribution in [3.8, 4) is 0 Å². The monoisotopic (exact) mass is 297 g/mol. The molecule has 114 valence electrons. The second-order valence-electron chi connectivity index (χ2n) is 5.59. The summed E-state index contributed by atoms with van der Waals surface area (Å²) in [4.78, 5) is 23.5. The van der Waals surface area contributed by atoms with Gasteiger partial charge in [0.2, 0.25) is 0 Å². The summed E-state index contributed by atoms with van der Waals surface area (Å²) in [5, 5.41) is 11.9. The summed E-state index contributed by atoms with van der Waals surface area (Å²) in [5.74, 6) is -3.84. The molecule has 2 N–H and O–H groups in total. The topological polar surface area (TPSA) is 66.4 Å². The number of carboxylic acid groups (broad SMARTS) is 1. The summed E-state index contributed by atoms with van der Waals surface area (Å²) in [6.07, 6.45) is 2.43. The van der Waals surface area contributed by atoms with Crippen molar-refractivity contribution in [1.82, 2.24) is 5.32 Å². The van der Waals surface area contributed by atoms with E-state index in [9.17, 15) is 23.5 Å². The van der Waals surface area contributed by atoms with Crippen molar-refractivity contribution in [2.24, 2.45) is 5.41 Å². The number of nitrogens with one attached hydrogen (secondary N) is 1. The lowest BCUT2D eigenvalue weighted by Crippen LogP contribution is -2.52. The fourth-order valence-electron chi connectivity index (χ4n) is 2.77. The summed E-state index contributed by atoms with van der Waals surface area (Å²) in [6, 6.07) is 2.52. The molecule has 0 heterocycles. The van der Waals surface area contributed by atoms with Crippen molar-refractivity contribution in [3.63, 3.8) is 0 Å². The van der Waals surface area contributed by atoms with Crippen molar-refractivity contribution in [2.75, 3.05) is 0 Å². The van der Waals surface area contributed by atoms with Crippen molar-refractivity contribution in [1.29, 1.82) is 0 Å². The van der Waals surface area contributed by atoms with Gasteiger partial charge in [-0.1, -0.05) is 18.9 Å². The number of carbonyl (C=O) groups is 2. The number of amides is 1. The van der Waals surface area contributed by atoms with Gasteiger partial charge < -0.3 is 10.4 Å². The highest BCUT2D eigenvalue weighted by molar-refractivity contribution is 5.95. The first-order valence-corrected chi connectivity index (χ1v) is 6.84. The summed E-state index contributed by atoms with van der Waals surface area (Å²) in [5.41, 5.74) is -1.79. The third-order valence-corrected chi connectivity index (χ3v) is 4.19. The minimum Gasteiger partial charge on any atom is -0.481 e. The summed E-state index contributed by atoms with van der Waals surface area (Å²) < 4.78 is 27.2. The van der Waals surface area contributed by atoms with Gasteiger partial charge in [-0.05, 0) is 31.9 Å². The molecule has 0 radical (unpaired) electrons. The van der Waals surface area contributed by atoms with Crippen LogP contribution in [0.15, 0.2) is 18.2 Å². The smallest absolute Gasteiger partial charge is 0.311 e. The Kier molecular flexibility index (Phi) is 4.25. The number of benzene rings is 1. The summed E-state index contributed by atoms with van der Waals surface area (Å²) in [7, 11) is 0. The van der Waals surface area contributed by atoms with Crippen molar-refractivity contribution < 1.29 is 23.5 Å². The van der Waals surface area contributed by atoms with Gasteiger partial charge in [0, 0.05) is 6.04 Å². The van der Waals surface area contributed by atoms with Crippen LogP contribution in [0.3, 0.4) is 0 Å². The number of carbonyl (C=O) groups excluding carboxylic acids is 1. The average molecular weight is 297 g/mol. The van der Waals surface area contributed by atoms with E-state index in [0.717, 1.165) is 25.0 Å². The number of hydrogen-bond donors (Lipinski definition) is 2. The van der Waals surface area contributed by atoms with Gasteiger partial charge in [0.25, 0.3) is 5.91 Å². The zero-order valence-electron chi connectivity index (χ0n) is 11.7. The minimum atomic E-state index is -1.12. The molecule has 4 nitrogen and oxygen atoms in total. The van der Waals surface area contributed by atoms with Crippen LogP contribution in [0.1, 0.15) is 43.0 Å². The molecule has 0 spiro atoms. The van der Waals surface area contributed by atoms with E-state index < -0.39 is 40.5 Å². The predicted octanol–water partition coefficient (Wildman–Crippen LogP) is 2.73. The zero-order valence-corrected chi connectivity index (χ0v) is 11.7. The molecule has 0 aromatic heterocycles. The Morgan fingerprint density at radius 1 is 1.29 bits per heavy atom. The Balaban J connectivity index is 2.24.